The highest BCUT2D eigenvalue weighted by molar-refractivity contribution is 6.31. The number of anilines is 1. The lowest BCUT2D eigenvalue weighted by atomic mass is 9.89. The zero-order chi connectivity index (χ0) is 17.6. The molecule has 0 fully saturated rings. The number of aryl methyl sites for hydroxylation is 2. The van der Waals surface area contributed by atoms with Gasteiger partial charge in [0, 0.05) is 29.9 Å². The van der Waals surface area contributed by atoms with Crippen LogP contribution in [0.25, 0.3) is 5.65 Å². The van der Waals surface area contributed by atoms with E-state index in [1.807, 2.05) is 19.1 Å². The summed E-state index contributed by atoms with van der Waals surface area (Å²) in [6.07, 6.45) is 4.22. The number of nitrogens with one attached hydrogen (secondary N) is 1. The number of nitrogens with zero attached hydrogens (tertiary/aromatic N) is 2. The van der Waals surface area contributed by atoms with Gasteiger partial charge in [-0.3, -0.25) is 4.79 Å². The van der Waals surface area contributed by atoms with E-state index in [2.05, 4.69) is 20.9 Å². The molecule has 2 aromatic heterocycles. The van der Waals surface area contributed by atoms with Gasteiger partial charge in [0.2, 0.25) is 5.91 Å². The van der Waals surface area contributed by atoms with Crippen molar-refractivity contribution in [2.24, 2.45) is 5.92 Å². The van der Waals surface area contributed by atoms with Crippen LogP contribution in [0, 0.1) is 18.7 Å². The van der Waals surface area contributed by atoms with Gasteiger partial charge in [0.15, 0.2) is 0 Å². The zero-order valence-electron chi connectivity index (χ0n) is 13.7. The van der Waals surface area contributed by atoms with E-state index < -0.39 is 5.82 Å². The summed E-state index contributed by atoms with van der Waals surface area (Å²) in [7, 11) is 0. The molecule has 1 amide bonds. The molecule has 1 N–H and O–H groups in total. The minimum atomic E-state index is -0.497. The monoisotopic (exact) mass is 357 g/mol. The molecule has 0 saturated carbocycles. The van der Waals surface area contributed by atoms with Gasteiger partial charge in [-0.05, 0) is 49.6 Å². The average Bonchev–Trinajstić information content (AvgIpc) is 2.95. The number of halogens is 2. The first kappa shape index (κ1) is 16.1. The Hall–Kier alpha value is -2.40. The van der Waals surface area contributed by atoms with Crippen LogP contribution in [0.15, 0.2) is 36.5 Å². The van der Waals surface area contributed by atoms with E-state index in [1.165, 1.54) is 18.2 Å². The molecule has 2 heterocycles. The van der Waals surface area contributed by atoms with Gasteiger partial charge in [0.1, 0.15) is 11.5 Å². The number of hydrogen-bond acceptors (Lipinski definition) is 2. The van der Waals surface area contributed by atoms with Crippen molar-refractivity contribution in [3.05, 3.63) is 64.3 Å². The Balaban J connectivity index is 1.57. The molecule has 0 radical (unpaired) electrons. The van der Waals surface area contributed by atoms with Crippen LogP contribution in [0.5, 0.6) is 0 Å². The number of imidazole rings is 1. The summed E-state index contributed by atoms with van der Waals surface area (Å²) in [5.74, 6) is -0.712. The van der Waals surface area contributed by atoms with Crippen molar-refractivity contribution in [3.63, 3.8) is 0 Å². The van der Waals surface area contributed by atoms with E-state index in [1.54, 1.807) is 0 Å². The number of pyridine rings is 1. The van der Waals surface area contributed by atoms with Crippen molar-refractivity contribution in [2.75, 3.05) is 5.32 Å². The molecule has 0 spiro atoms. The van der Waals surface area contributed by atoms with Gasteiger partial charge in [-0.1, -0.05) is 17.7 Å². The highest BCUT2D eigenvalue weighted by atomic mass is 35.5. The fraction of sp³-hybridized carbons (Fsp3) is 0.263. The van der Waals surface area contributed by atoms with Gasteiger partial charge >= 0.3 is 0 Å². The number of aromatic nitrogens is 2. The number of benzene rings is 1. The van der Waals surface area contributed by atoms with Crippen molar-refractivity contribution in [1.82, 2.24) is 9.38 Å². The Morgan fingerprint density at radius 1 is 1.36 bits per heavy atom. The van der Waals surface area contributed by atoms with Crippen LogP contribution in [0.2, 0.25) is 5.02 Å². The van der Waals surface area contributed by atoms with Gasteiger partial charge in [-0.25, -0.2) is 9.37 Å². The first-order valence-corrected chi connectivity index (χ1v) is 8.61. The SMILES string of the molecule is Cc1ccc2nc3c(n2c1)CC(C(=O)Nc1ccc(F)c(Cl)c1)CC3. The van der Waals surface area contributed by atoms with Crippen LogP contribution in [0.1, 0.15) is 23.4 Å². The molecule has 25 heavy (non-hydrogen) atoms. The maximum atomic E-state index is 13.2. The standard InChI is InChI=1S/C19H17ClFN3O/c1-11-2-7-18-23-16-6-3-12(8-17(16)24(18)10-11)19(25)22-13-4-5-15(21)14(20)9-13/h2,4-5,7,9-10,12H,3,6,8H2,1H3,(H,22,25). The largest absolute Gasteiger partial charge is 0.326 e. The number of fused-ring (bicyclic) bond motifs is 3. The summed E-state index contributed by atoms with van der Waals surface area (Å²) >= 11 is 5.78. The number of rotatable bonds is 2. The molecule has 1 atom stereocenters. The average molecular weight is 358 g/mol. The Labute approximate surface area is 149 Å². The maximum absolute atomic E-state index is 13.2. The smallest absolute Gasteiger partial charge is 0.227 e. The lowest BCUT2D eigenvalue weighted by Gasteiger charge is -2.21. The lowest BCUT2D eigenvalue weighted by molar-refractivity contribution is -0.120. The molecule has 0 saturated heterocycles. The van der Waals surface area contributed by atoms with Gasteiger partial charge in [-0.2, -0.15) is 0 Å². The molecule has 4 nitrogen and oxygen atoms in total. The molecule has 1 aliphatic rings. The fourth-order valence-corrected chi connectivity index (χ4v) is 3.53. The van der Waals surface area contributed by atoms with Gasteiger partial charge < -0.3 is 9.72 Å². The highest BCUT2D eigenvalue weighted by Crippen LogP contribution is 2.28. The topological polar surface area (TPSA) is 46.4 Å². The van der Waals surface area contributed by atoms with Crippen LogP contribution >= 0.6 is 11.6 Å². The van der Waals surface area contributed by atoms with Crippen molar-refractivity contribution in [3.8, 4) is 0 Å². The lowest BCUT2D eigenvalue weighted by Crippen LogP contribution is -2.28. The number of hydrogen-bond donors (Lipinski definition) is 1. The third-order valence-electron chi connectivity index (χ3n) is 4.68. The fourth-order valence-electron chi connectivity index (χ4n) is 3.35. The van der Waals surface area contributed by atoms with Crippen LogP contribution in [-0.2, 0) is 17.6 Å². The summed E-state index contributed by atoms with van der Waals surface area (Å²) in [6, 6.07) is 8.25. The van der Waals surface area contributed by atoms with Crippen molar-refractivity contribution < 1.29 is 9.18 Å². The predicted octanol–water partition coefficient (Wildman–Crippen LogP) is 4.18. The van der Waals surface area contributed by atoms with Crippen molar-refractivity contribution >= 4 is 28.8 Å². The van der Waals surface area contributed by atoms with E-state index in [-0.39, 0.29) is 16.8 Å². The summed E-state index contributed by atoms with van der Waals surface area (Å²) < 4.78 is 15.3. The molecule has 0 bridgehead atoms. The third-order valence-corrected chi connectivity index (χ3v) is 4.97. The maximum Gasteiger partial charge on any atom is 0.227 e. The molecule has 1 unspecified atom stereocenters. The molecule has 0 aliphatic heterocycles. The molecule has 6 heteroatoms. The minimum Gasteiger partial charge on any atom is -0.326 e. The number of carbonyl (C=O) groups is 1. The summed E-state index contributed by atoms with van der Waals surface area (Å²) in [6.45, 7) is 2.04. The van der Waals surface area contributed by atoms with Crippen molar-refractivity contribution in [2.45, 2.75) is 26.2 Å². The number of carbonyl (C=O) groups excluding carboxylic acids is 1. The second kappa shape index (κ2) is 6.15. The molecular weight excluding hydrogens is 341 g/mol. The highest BCUT2D eigenvalue weighted by Gasteiger charge is 2.28. The molecule has 128 valence electrons. The quantitative estimate of drug-likeness (QED) is 0.748. The normalized spacial score (nSPS) is 16.7. The molecular formula is C19H17ClFN3O. The Morgan fingerprint density at radius 3 is 3.00 bits per heavy atom. The van der Waals surface area contributed by atoms with Crippen LogP contribution in [-0.4, -0.2) is 15.3 Å². The molecule has 1 aliphatic carbocycles. The van der Waals surface area contributed by atoms with Gasteiger partial charge in [0.05, 0.1) is 10.7 Å². The van der Waals surface area contributed by atoms with Crippen LogP contribution in [0.3, 0.4) is 0 Å². The Bertz CT molecular complexity index is 982. The van der Waals surface area contributed by atoms with E-state index in [9.17, 15) is 9.18 Å². The van der Waals surface area contributed by atoms with Gasteiger partial charge in [-0.15, -0.1) is 0 Å². The van der Waals surface area contributed by atoms with Gasteiger partial charge in [0.25, 0.3) is 0 Å². The number of amides is 1. The molecule has 3 aromatic rings. The first-order chi connectivity index (χ1) is 12.0. The summed E-state index contributed by atoms with van der Waals surface area (Å²) in [4.78, 5) is 17.3. The van der Waals surface area contributed by atoms with E-state index in [0.717, 1.165) is 35.4 Å². The third kappa shape index (κ3) is 3.00. The van der Waals surface area contributed by atoms with Crippen LogP contribution in [0.4, 0.5) is 10.1 Å². The zero-order valence-corrected chi connectivity index (χ0v) is 14.5. The van der Waals surface area contributed by atoms with Crippen LogP contribution < -0.4 is 5.32 Å². The molecule has 4 rings (SSSR count). The first-order valence-electron chi connectivity index (χ1n) is 8.23. The Kier molecular flexibility index (Phi) is 3.96. The van der Waals surface area contributed by atoms with E-state index in [4.69, 9.17) is 11.6 Å². The second-order valence-corrected chi connectivity index (χ2v) is 6.90. The van der Waals surface area contributed by atoms with E-state index in [0.29, 0.717) is 12.1 Å². The minimum absolute atomic E-state index is 0.000916. The second-order valence-electron chi connectivity index (χ2n) is 6.50. The Morgan fingerprint density at radius 2 is 2.20 bits per heavy atom. The van der Waals surface area contributed by atoms with E-state index >= 15 is 0 Å². The molecule has 1 aromatic carbocycles. The predicted molar refractivity (Wildman–Crippen MR) is 95.5 cm³/mol. The summed E-state index contributed by atoms with van der Waals surface area (Å²) in [5.41, 5.74) is 4.75. The van der Waals surface area contributed by atoms with Crippen molar-refractivity contribution in [1.29, 1.82) is 0 Å². The summed E-state index contributed by atoms with van der Waals surface area (Å²) in [5, 5.41) is 2.84.